The number of aliphatic hydroxyl groups excluding tert-OH is 1. The zero-order valence-electron chi connectivity index (χ0n) is 28.3. The predicted octanol–water partition coefficient (Wildman–Crippen LogP) is 5.09. The number of aromatic nitrogens is 1. The standard InChI is InChI=1S/C39H40N4O7/c1-42(2)27-14-15-43(3)33-24(27)18-28(48-19-21-10-6-4-7-11-21)30-25(33)16-23-17-26-32(40)35-31(37(46)39(26,47)36(45)29(23)34(30)44)38(41-50-35)49-20-22-12-8-5-9-13-22/h4-13,18,23,26-27,32,45,47H,14-17,19-20,40H2,1-3H3/t23-,26-,27?,32-,39-/m0/s1. The van der Waals surface area contributed by atoms with Gasteiger partial charge in [0.2, 0.25) is 5.78 Å². The van der Waals surface area contributed by atoms with Crippen LogP contribution < -0.4 is 20.1 Å². The fourth-order valence-electron chi connectivity index (χ4n) is 8.48. The molecule has 258 valence electrons. The number of hydrogen-bond donors (Lipinski definition) is 3. The van der Waals surface area contributed by atoms with Gasteiger partial charge in [-0.15, -0.1) is 0 Å². The summed E-state index contributed by atoms with van der Waals surface area (Å²) in [4.78, 5) is 33.4. The van der Waals surface area contributed by atoms with Crippen LogP contribution in [-0.2, 0) is 19.6 Å². The molecule has 0 saturated heterocycles. The van der Waals surface area contributed by atoms with Crippen LogP contribution in [0.4, 0.5) is 5.69 Å². The summed E-state index contributed by atoms with van der Waals surface area (Å²) < 4.78 is 17.9. The second-order valence-corrected chi connectivity index (χ2v) is 14.1. The van der Waals surface area contributed by atoms with Crippen molar-refractivity contribution < 1.29 is 33.8 Å². The molecule has 11 heteroatoms. The zero-order valence-corrected chi connectivity index (χ0v) is 28.3. The van der Waals surface area contributed by atoms with Crippen molar-refractivity contribution in [3.05, 3.63) is 117 Å². The number of nitrogens with two attached hydrogens (primary N) is 1. The number of nitrogens with zero attached hydrogens (tertiary/aromatic N) is 3. The zero-order chi connectivity index (χ0) is 34.9. The van der Waals surface area contributed by atoms with E-state index in [1.54, 1.807) is 0 Å². The average molecular weight is 677 g/mol. The molecule has 0 fully saturated rings. The molecule has 2 heterocycles. The Bertz CT molecular complexity index is 2020. The van der Waals surface area contributed by atoms with Gasteiger partial charge in [-0.05, 0) is 72.8 Å². The third-order valence-electron chi connectivity index (χ3n) is 11.0. The number of Topliss-reactive ketones (excluding diaryl/α,β-unsaturated/α-hetero) is 2. The van der Waals surface area contributed by atoms with E-state index in [0.29, 0.717) is 17.7 Å². The normalized spacial score (nSPS) is 25.4. The first-order chi connectivity index (χ1) is 24.1. The monoisotopic (exact) mass is 676 g/mol. The molecule has 1 unspecified atom stereocenters. The molecule has 50 heavy (non-hydrogen) atoms. The lowest BCUT2D eigenvalue weighted by molar-refractivity contribution is -0.0356. The fraction of sp³-hybridized carbons (Fsp3) is 0.359. The van der Waals surface area contributed by atoms with Crippen LogP contribution in [0.25, 0.3) is 0 Å². The van der Waals surface area contributed by atoms with Gasteiger partial charge in [0, 0.05) is 36.8 Å². The van der Waals surface area contributed by atoms with E-state index in [0.717, 1.165) is 40.9 Å². The van der Waals surface area contributed by atoms with Crippen LogP contribution in [0.3, 0.4) is 0 Å². The van der Waals surface area contributed by atoms with E-state index in [2.05, 4.69) is 15.0 Å². The Morgan fingerprint density at radius 1 is 1.02 bits per heavy atom. The number of carbonyl (C=O) groups excluding carboxylic acids is 2. The molecule has 5 atom stereocenters. The maximum Gasteiger partial charge on any atom is 0.265 e. The van der Waals surface area contributed by atoms with Gasteiger partial charge in [-0.1, -0.05) is 60.7 Å². The lowest BCUT2D eigenvalue weighted by Crippen LogP contribution is -2.58. The Morgan fingerprint density at radius 2 is 1.68 bits per heavy atom. The van der Waals surface area contributed by atoms with Crippen LogP contribution in [0.5, 0.6) is 11.6 Å². The minimum absolute atomic E-state index is 0.00981. The van der Waals surface area contributed by atoms with E-state index in [1.807, 2.05) is 87.9 Å². The van der Waals surface area contributed by atoms with Crippen molar-refractivity contribution in [3.8, 4) is 11.6 Å². The van der Waals surface area contributed by atoms with E-state index < -0.39 is 40.8 Å². The summed E-state index contributed by atoms with van der Waals surface area (Å²) in [6.07, 6.45) is 1.45. The Kier molecular flexibility index (Phi) is 7.81. The summed E-state index contributed by atoms with van der Waals surface area (Å²) in [5.74, 6) is -3.11. The van der Waals surface area contributed by atoms with Gasteiger partial charge in [0.15, 0.2) is 17.1 Å². The summed E-state index contributed by atoms with van der Waals surface area (Å²) in [5.41, 5.74) is 9.14. The van der Waals surface area contributed by atoms with Gasteiger partial charge in [0.05, 0.1) is 11.6 Å². The first-order valence-electron chi connectivity index (χ1n) is 17.0. The summed E-state index contributed by atoms with van der Waals surface area (Å²) in [5, 5.41) is 28.3. The van der Waals surface area contributed by atoms with Crippen LogP contribution >= 0.6 is 0 Å². The van der Waals surface area contributed by atoms with Crippen molar-refractivity contribution in [2.75, 3.05) is 32.6 Å². The first-order valence-corrected chi connectivity index (χ1v) is 17.0. The maximum absolute atomic E-state index is 14.8. The lowest BCUT2D eigenvalue weighted by Gasteiger charge is -2.48. The third-order valence-corrected chi connectivity index (χ3v) is 11.0. The number of aliphatic hydroxyl groups is 2. The number of ether oxygens (including phenoxy) is 2. The highest BCUT2D eigenvalue weighted by atomic mass is 16.5. The topological polar surface area (TPSA) is 152 Å². The number of benzene rings is 3. The Hall–Kier alpha value is -4.97. The van der Waals surface area contributed by atoms with Crippen molar-refractivity contribution in [2.24, 2.45) is 17.6 Å². The molecule has 0 radical (unpaired) electrons. The summed E-state index contributed by atoms with van der Waals surface area (Å²) >= 11 is 0. The Balaban J connectivity index is 1.23. The van der Waals surface area contributed by atoms with Gasteiger partial charge >= 0.3 is 0 Å². The molecule has 3 aliphatic carbocycles. The molecular weight excluding hydrogens is 636 g/mol. The molecule has 4 aliphatic rings. The van der Waals surface area contributed by atoms with Gasteiger partial charge in [-0.2, -0.15) is 0 Å². The van der Waals surface area contributed by atoms with E-state index in [1.165, 1.54) is 0 Å². The van der Waals surface area contributed by atoms with E-state index in [4.69, 9.17) is 19.7 Å². The van der Waals surface area contributed by atoms with Crippen LogP contribution in [-0.4, -0.2) is 65.1 Å². The largest absolute Gasteiger partial charge is 0.508 e. The summed E-state index contributed by atoms with van der Waals surface area (Å²) in [7, 11) is 6.13. The number of carbonyl (C=O) groups is 2. The second-order valence-electron chi connectivity index (χ2n) is 14.1. The van der Waals surface area contributed by atoms with Crippen molar-refractivity contribution in [2.45, 2.75) is 50.2 Å². The molecule has 1 aliphatic heterocycles. The molecule has 0 bridgehead atoms. The predicted molar refractivity (Wildman–Crippen MR) is 184 cm³/mol. The number of ketones is 2. The smallest absolute Gasteiger partial charge is 0.265 e. The summed E-state index contributed by atoms with van der Waals surface area (Å²) in [6.45, 7) is 1.12. The van der Waals surface area contributed by atoms with Gasteiger partial charge in [-0.25, -0.2) is 0 Å². The van der Waals surface area contributed by atoms with Gasteiger partial charge in [0.1, 0.15) is 30.3 Å². The number of anilines is 1. The first kappa shape index (κ1) is 32.2. The highest BCUT2D eigenvalue weighted by Crippen LogP contribution is 2.56. The molecule has 8 rings (SSSR count). The molecule has 4 aromatic rings. The van der Waals surface area contributed by atoms with Crippen LogP contribution in [0.2, 0.25) is 0 Å². The van der Waals surface area contributed by atoms with Gasteiger partial charge < -0.3 is 39.7 Å². The lowest BCUT2D eigenvalue weighted by atomic mass is 9.58. The van der Waals surface area contributed by atoms with Gasteiger partial charge in [0.25, 0.3) is 5.88 Å². The quantitative estimate of drug-likeness (QED) is 0.240. The van der Waals surface area contributed by atoms with Crippen molar-refractivity contribution >= 4 is 17.3 Å². The highest BCUT2D eigenvalue weighted by molar-refractivity contribution is 6.16. The van der Waals surface area contributed by atoms with Crippen LogP contribution in [0, 0.1) is 11.8 Å². The summed E-state index contributed by atoms with van der Waals surface area (Å²) in [6, 6.07) is 20.1. The minimum Gasteiger partial charge on any atom is -0.508 e. The Morgan fingerprint density at radius 3 is 2.34 bits per heavy atom. The van der Waals surface area contributed by atoms with Gasteiger partial charge in [-0.3, -0.25) is 9.59 Å². The van der Waals surface area contributed by atoms with Crippen LogP contribution in [0.1, 0.15) is 73.7 Å². The highest BCUT2D eigenvalue weighted by Gasteiger charge is 2.63. The van der Waals surface area contributed by atoms with Crippen molar-refractivity contribution in [3.63, 3.8) is 0 Å². The van der Waals surface area contributed by atoms with E-state index >= 15 is 0 Å². The maximum atomic E-state index is 14.8. The number of allylic oxidation sites excluding steroid dienone is 1. The Labute approximate surface area is 289 Å². The van der Waals surface area contributed by atoms with E-state index in [-0.39, 0.29) is 48.5 Å². The average Bonchev–Trinajstić information content (AvgIpc) is 3.55. The fourth-order valence-corrected chi connectivity index (χ4v) is 8.48. The van der Waals surface area contributed by atoms with Crippen LogP contribution in [0.15, 0.2) is 82.6 Å². The molecule has 1 aromatic heterocycles. The molecular formula is C39H40N4O7. The second kappa shape index (κ2) is 12.1. The third kappa shape index (κ3) is 4.86. The molecule has 4 N–H and O–H groups in total. The van der Waals surface area contributed by atoms with Crippen molar-refractivity contribution in [1.82, 2.24) is 10.1 Å². The number of fused-ring (bicyclic) bond motifs is 6. The number of hydrogen-bond acceptors (Lipinski definition) is 11. The van der Waals surface area contributed by atoms with E-state index in [9.17, 15) is 19.8 Å². The number of rotatable bonds is 7. The minimum atomic E-state index is -2.48. The van der Waals surface area contributed by atoms with Crippen molar-refractivity contribution in [1.29, 1.82) is 0 Å². The molecule has 0 saturated carbocycles. The molecule has 0 amide bonds. The SMILES string of the molecule is CN1CCC(N(C)C)c2cc(OCc3ccccc3)c3c(c21)C[C@H]1C[C@H]2[C@H](N)c4onc(OCc5ccccc5)c4C(=O)[C@@]2(O)C(O)=C1C3=O. The molecule has 11 nitrogen and oxygen atoms in total. The molecule has 3 aromatic carbocycles. The molecule has 0 spiro atoms.